The van der Waals surface area contributed by atoms with Gasteiger partial charge in [0.25, 0.3) is 0 Å². The Kier molecular flexibility index (Phi) is 3.41. The van der Waals surface area contributed by atoms with Crippen molar-refractivity contribution in [3.05, 3.63) is 35.5 Å². The van der Waals surface area contributed by atoms with Crippen LogP contribution in [0.25, 0.3) is 10.9 Å². The molecule has 0 aliphatic carbocycles. The van der Waals surface area contributed by atoms with Gasteiger partial charge in [-0.25, -0.2) is 0 Å². The Hall–Kier alpha value is -1.77. The highest BCUT2D eigenvalue weighted by Gasteiger charge is 2.09. The lowest BCUT2D eigenvalue weighted by Gasteiger charge is -2.12. The van der Waals surface area contributed by atoms with Crippen molar-refractivity contribution in [2.24, 2.45) is 0 Å². The summed E-state index contributed by atoms with van der Waals surface area (Å²) in [5.74, 6) is -0.745. The van der Waals surface area contributed by atoms with Gasteiger partial charge in [0.15, 0.2) is 0 Å². The van der Waals surface area contributed by atoms with Gasteiger partial charge >= 0.3 is 5.97 Å². The molecule has 2 aromatic rings. The number of benzene rings is 1. The third kappa shape index (κ3) is 2.40. The SMILES string of the molecule is Cc1cc2ccc(CCC(=O)O)cc2n1C(C)C. The number of hydrogen-bond donors (Lipinski definition) is 1. The molecule has 0 aliphatic heterocycles. The number of aromatic nitrogens is 1. The van der Waals surface area contributed by atoms with E-state index in [1.54, 1.807) is 0 Å². The number of nitrogens with zero attached hydrogens (tertiary/aromatic N) is 1. The first-order chi connectivity index (χ1) is 8.49. The Bertz CT molecular complexity index is 581. The van der Waals surface area contributed by atoms with Crippen LogP contribution < -0.4 is 0 Å². The fourth-order valence-corrected chi connectivity index (χ4v) is 2.50. The Balaban J connectivity index is 2.42. The smallest absolute Gasteiger partial charge is 0.303 e. The highest BCUT2D eigenvalue weighted by molar-refractivity contribution is 5.82. The molecule has 1 N–H and O–H groups in total. The molecule has 0 radical (unpaired) electrons. The lowest BCUT2D eigenvalue weighted by atomic mass is 10.1. The van der Waals surface area contributed by atoms with E-state index in [1.165, 1.54) is 16.6 Å². The summed E-state index contributed by atoms with van der Waals surface area (Å²) >= 11 is 0. The molecule has 3 nitrogen and oxygen atoms in total. The largest absolute Gasteiger partial charge is 0.481 e. The number of hydrogen-bond acceptors (Lipinski definition) is 1. The van der Waals surface area contributed by atoms with E-state index in [9.17, 15) is 4.79 Å². The molecule has 0 amide bonds. The zero-order chi connectivity index (χ0) is 13.3. The summed E-state index contributed by atoms with van der Waals surface area (Å²) in [6, 6.07) is 8.81. The summed E-state index contributed by atoms with van der Waals surface area (Å²) in [7, 11) is 0. The van der Waals surface area contributed by atoms with Crippen molar-refractivity contribution >= 4 is 16.9 Å². The van der Waals surface area contributed by atoms with E-state index in [4.69, 9.17) is 5.11 Å². The van der Waals surface area contributed by atoms with E-state index < -0.39 is 5.97 Å². The Morgan fingerprint density at radius 1 is 1.33 bits per heavy atom. The molecule has 0 bridgehead atoms. The van der Waals surface area contributed by atoms with Gasteiger partial charge in [-0.2, -0.15) is 0 Å². The number of aliphatic carboxylic acids is 1. The number of fused-ring (bicyclic) bond motifs is 1. The normalized spacial score (nSPS) is 11.3. The maximum absolute atomic E-state index is 10.6. The lowest BCUT2D eigenvalue weighted by Crippen LogP contribution is -2.02. The van der Waals surface area contributed by atoms with Gasteiger partial charge in [0.1, 0.15) is 0 Å². The fourth-order valence-electron chi connectivity index (χ4n) is 2.50. The van der Waals surface area contributed by atoms with Crippen molar-refractivity contribution in [3.63, 3.8) is 0 Å². The van der Waals surface area contributed by atoms with E-state index in [1.807, 2.05) is 6.07 Å². The third-order valence-electron chi connectivity index (χ3n) is 3.24. The first-order valence-corrected chi connectivity index (χ1v) is 6.31. The predicted octanol–water partition coefficient (Wildman–Crippen LogP) is 3.55. The van der Waals surface area contributed by atoms with E-state index in [0.717, 1.165) is 5.56 Å². The Morgan fingerprint density at radius 2 is 2.06 bits per heavy atom. The van der Waals surface area contributed by atoms with Crippen LogP contribution in [0.2, 0.25) is 0 Å². The van der Waals surface area contributed by atoms with Gasteiger partial charge in [-0.15, -0.1) is 0 Å². The lowest BCUT2D eigenvalue weighted by molar-refractivity contribution is -0.136. The first-order valence-electron chi connectivity index (χ1n) is 6.31. The summed E-state index contributed by atoms with van der Waals surface area (Å²) in [5.41, 5.74) is 3.53. The van der Waals surface area contributed by atoms with Crippen LogP contribution in [0.15, 0.2) is 24.3 Å². The minimum absolute atomic E-state index is 0.187. The van der Waals surface area contributed by atoms with Crippen molar-refractivity contribution in [3.8, 4) is 0 Å². The summed E-state index contributed by atoms with van der Waals surface area (Å²) in [6.45, 7) is 6.43. The van der Waals surface area contributed by atoms with E-state index >= 15 is 0 Å². The van der Waals surface area contributed by atoms with Crippen LogP contribution in [-0.4, -0.2) is 15.6 Å². The number of carboxylic acids is 1. The van der Waals surface area contributed by atoms with Crippen molar-refractivity contribution < 1.29 is 9.90 Å². The van der Waals surface area contributed by atoms with Gasteiger partial charge in [0, 0.05) is 23.7 Å². The zero-order valence-electron chi connectivity index (χ0n) is 11.1. The Morgan fingerprint density at radius 3 is 2.67 bits per heavy atom. The van der Waals surface area contributed by atoms with Gasteiger partial charge in [0.05, 0.1) is 0 Å². The molecule has 0 aliphatic rings. The van der Waals surface area contributed by atoms with E-state index in [0.29, 0.717) is 12.5 Å². The summed E-state index contributed by atoms with van der Waals surface area (Å²) in [4.78, 5) is 10.6. The molecule has 1 heterocycles. The van der Waals surface area contributed by atoms with Crippen molar-refractivity contribution in [1.82, 2.24) is 4.57 Å². The zero-order valence-corrected chi connectivity index (χ0v) is 11.1. The molecule has 0 spiro atoms. The van der Waals surface area contributed by atoms with Crippen LogP contribution in [0.5, 0.6) is 0 Å². The van der Waals surface area contributed by atoms with Crippen LogP contribution in [0.1, 0.15) is 37.6 Å². The second-order valence-corrected chi connectivity index (χ2v) is 5.04. The fraction of sp³-hybridized carbons (Fsp3) is 0.400. The summed E-state index contributed by atoms with van der Waals surface area (Å²) in [5, 5.41) is 9.95. The molecule has 0 saturated heterocycles. The van der Waals surface area contributed by atoms with Crippen LogP contribution in [0.4, 0.5) is 0 Å². The topological polar surface area (TPSA) is 42.2 Å². The Labute approximate surface area is 107 Å². The van der Waals surface area contributed by atoms with Crippen molar-refractivity contribution in [1.29, 1.82) is 0 Å². The van der Waals surface area contributed by atoms with Gasteiger partial charge in [-0.05, 0) is 50.3 Å². The van der Waals surface area contributed by atoms with Crippen LogP contribution in [0.3, 0.4) is 0 Å². The molecular weight excluding hydrogens is 226 g/mol. The van der Waals surface area contributed by atoms with Gasteiger partial charge in [-0.3, -0.25) is 4.79 Å². The monoisotopic (exact) mass is 245 g/mol. The molecule has 0 saturated carbocycles. The number of carboxylic acid groups (broad SMARTS) is 1. The second kappa shape index (κ2) is 4.84. The van der Waals surface area contributed by atoms with Crippen molar-refractivity contribution in [2.75, 3.05) is 0 Å². The molecule has 2 rings (SSSR count). The molecule has 0 unspecified atom stereocenters. The predicted molar refractivity (Wildman–Crippen MR) is 73.0 cm³/mol. The highest BCUT2D eigenvalue weighted by atomic mass is 16.4. The van der Waals surface area contributed by atoms with Gasteiger partial charge in [0.2, 0.25) is 0 Å². The molecule has 3 heteroatoms. The molecule has 0 fully saturated rings. The first kappa shape index (κ1) is 12.7. The maximum Gasteiger partial charge on any atom is 0.303 e. The quantitative estimate of drug-likeness (QED) is 0.895. The average Bonchev–Trinajstić information content (AvgIpc) is 2.61. The highest BCUT2D eigenvalue weighted by Crippen LogP contribution is 2.25. The average molecular weight is 245 g/mol. The molecule has 96 valence electrons. The van der Waals surface area contributed by atoms with E-state index in [2.05, 4.69) is 43.5 Å². The van der Waals surface area contributed by atoms with Crippen LogP contribution >= 0.6 is 0 Å². The molecule has 1 aromatic heterocycles. The number of carbonyl (C=O) groups is 1. The summed E-state index contributed by atoms with van der Waals surface area (Å²) < 4.78 is 2.29. The molecule has 18 heavy (non-hydrogen) atoms. The minimum Gasteiger partial charge on any atom is -0.481 e. The minimum atomic E-state index is -0.745. The third-order valence-corrected chi connectivity index (χ3v) is 3.24. The maximum atomic E-state index is 10.6. The van der Waals surface area contributed by atoms with Gasteiger partial charge in [-0.1, -0.05) is 12.1 Å². The molecular formula is C15H19NO2. The van der Waals surface area contributed by atoms with Crippen LogP contribution in [0, 0.1) is 6.92 Å². The standard InChI is InChI=1S/C15H19NO2/c1-10(2)16-11(3)8-13-6-4-12(9-14(13)16)5-7-15(17)18/h4,6,8-10H,5,7H2,1-3H3,(H,17,18). The van der Waals surface area contributed by atoms with Gasteiger partial charge < -0.3 is 9.67 Å². The molecule has 1 aromatic carbocycles. The van der Waals surface area contributed by atoms with Crippen LogP contribution in [-0.2, 0) is 11.2 Å². The van der Waals surface area contributed by atoms with Crippen molar-refractivity contribution in [2.45, 2.75) is 39.7 Å². The number of aryl methyl sites for hydroxylation is 2. The number of rotatable bonds is 4. The summed E-state index contributed by atoms with van der Waals surface area (Å²) in [6.07, 6.45) is 0.778. The van der Waals surface area contributed by atoms with E-state index in [-0.39, 0.29) is 6.42 Å². The molecule has 0 atom stereocenters. The second-order valence-electron chi connectivity index (χ2n) is 5.04.